The van der Waals surface area contributed by atoms with Gasteiger partial charge in [0, 0.05) is 5.56 Å². The molecule has 0 aliphatic heterocycles. The van der Waals surface area contributed by atoms with Crippen molar-refractivity contribution in [2.24, 2.45) is 17.3 Å². The van der Waals surface area contributed by atoms with Crippen molar-refractivity contribution >= 4 is 5.97 Å². The van der Waals surface area contributed by atoms with Crippen molar-refractivity contribution in [3.8, 4) is 16.9 Å². The quantitative estimate of drug-likeness (QED) is 0.424. The van der Waals surface area contributed by atoms with Crippen LogP contribution in [-0.2, 0) is 9.53 Å². The Kier molecular flexibility index (Phi) is 7.46. The zero-order chi connectivity index (χ0) is 19.9. The summed E-state index contributed by atoms with van der Waals surface area (Å²) < 4.78 is 11.4. The summed E-state index contributed by atoms with van der Waals surface area (Å²) in [6.07, 6.45) is 0.833. The second-order valence-electron chi connectivity index (χ2n) is 8.43. The number of esters is 1. The minimum Gasteiger partial charge on any atom is -0.489 e. The van der Waals surface area contributed by atoms with Crippen LogP contribution in [0.15, 0.2) is 54.6 Å². The fourth-order valence-electron chi connectivity index (χ4n) is 3.12. The van der Waals surface area contributed by atoms with Gasteiger partial charge in [0.25, 0.3) is 0 Å². The van der Waals surface area contributed by atoms with Gasteiger partial charge in [-0.05, 0) is 29.4 Å². The zero-order valence-electron chi connectivity index (χ0n) is 17.2. The summed E-state index contributed by atoms with van der Waals surface area (Å²) in [7, 11) is 0. The van der Waals surface area contributed by atoms with Gasteiger partial charge in [-0.3, -0.25) is 4.79 Å². The lowest BCUT2D eigenvalue weighted by atomic mass is 9.76. The predicted octanol–water partition coefficient (Wildman–Crippen LogP) is 5.98. The van der Waals surface area contributed by atoms with Gasteiger partial charge in [0.2, 0.25) is 0 Å². The summed E-state index contributed by atoms with van der Waals surface area (Å²) in [4.78, 5) is 12.5. The van der Waals surface area contributed by atoms with Gasteiger partial charge in [-0.2, -0.15) is 0 Å². The molecule has 0 aliphatic rings. The molecule has 0 spiro atoms. The van der Waals surface area contributed by atoms with Gasteiger partial charge in [0.15, 0.2) is 0 Å². The average Bonchev–Trinajstić information content (AvgIpc) is 2.63. The second kappa shape index (κ2) is 9.59. The third kappa shape index (κ3) is 6.42. The molecule has 0 saturated carbocycles. The van der Waals surface area contributed by atoms with E-state index < -0.39 is 0 Å². The summed E-state index contributed by atoms with van der Waals surface area (Å²) in [6.45, 7) is 11.1. The normalized spacial score (nSPS) is 12.7. The minimum atomic E-state index is -0.129. The van der Waals surface area contributed by atoms with Crippen LogP contribution in [0, 0.1) is 17.3 Å². The molecule has 0 saturated heterocycles. The molecule has 2 aromatic rings. The molecule has 0 aliphatic carbocycles. The Labute approximate surface area is 163 Å². The van der Waals surface area contributed by atoms with Crippen molar-refractivity contribution < 1.29 is 14.3 Å². The summed E-state index contributed by atoms with van der Waals surface area (Å²) in [5.74, 6) is 1.02. The maximum Gasteiger partial charge on any atom is 0.309 e. The molecule has 0 aromatic heterocycles. The molecule has 0 radical (unpaired) electrons. The van der Waals surface area contributed by atoms with E-state index in [1.54, 1.807) is 0 Å². The highest BCUT2D eigenvalue weighted by Crippen LogP contribution is 2.32. The second-order valence-corrected chi connectivity index (χ2v) is 8.43. The van der Waals surface area contributed by atoms with Crippen LogP contribution in [0.25, 0.3) is 11.1 Å². The summed E-state index contributed by atoms with van der Waals surface area (Å²) in [5.41, 5.74) is 2.04. The number of carbonyl (C=O) groups excluding carboxylic acids is 1. The van der Waals surface area contributed by atoms with Crippen molar-refractivity contribution in [1.82, 2.24) is 0 Å². The van der Waals surface area contributed by atoms with Crippen molar-refractivity contribution in [3.05, 3.63) is 54.6 Å². The van der Waals surface area contributed by atoms with Gasteiger partial charge in [-0.1, -0.05) is 83.1 Å². The summed E-state index contributed by atoms with van der Waals surface area (Å²) in [6, 6.07) is 18.1. The Hall–Kier alpha value is -2.29. The molecule has 0 fully saturated rings. The number of hydrogen-bond donors (Lipinski definition) is 0. The first kappa shape index (κ1) is 21.0. The SMILES string of the molecule is CC(C)CC(C(=O)OCCOc1ccccc1-c1ccccc1)C(C)(C)C. The van der Waals surface area contributed by atoms with Gasteiger partial charge in [-0.25, -0.2) is 0 Å². The zero-order valence-corrected chi connectivity index (χ0v) is 17.2. The molecule has 1 atom stereocenters. The fraction of sp³-hybridized carbons (Fsp3) is 0.458. The van der Waals surface area contributed by atoms with E-state index in [1.807, 2.05) is 42.5 Å². The van der Waals surface area contributed by atoms with E-state index in [9.17, 15) is 4.79 Å². The highest BCUT2D eigenvalue weighted by atomic mass is 16.6. The van der Waals surface area contributed by atoms with Crippen LogP contribution in [0.4, 0.5) is 0 Å². The molecule has 0 bridgehead atoms. The first-order valence-electron chi connectivity index (χ1n) is 9.73. The van der Waals surface area contributed by atoms with Crippen LogP contribution < -0.4 is 4.74 Å². The molecule has 3 nitrogen and oxygen atoms in total. The minimum absolute atomic E-state index is 0.103. The maximum atomic E-state index is 12.5. The third-order valence-electron chi connectivity index (χ3n) is 4.59. The molecule has 3 heteroatoms. The Bertz CT molecular complexity index is 714. The monoisotopic (exact) mass is 368 g/mol. The highest BCUT2D eigenvalue weighted by Gasteiger charge is 2.33. The van der Waals surface area contributed by atoms with Crippen LogP contribution in [-0.4, -0.2) is 19.2 Å². The molecule has 0 amide bonds. The Morgan fingerprint density at radius 1 is 0.926 bits per heavy atom. The number of carbonyl (C=O) groups is 1. The molecule has 2 rings (SSSR count). The fourth-order valence-corrected chi connectivity index (χ4v) is 3.12. The van der Waals surface area contributed by atoms with Crippen LogP contribution in [0.2, 0.25) is 0 Å². The van der Waals surface area contributed by atoms with Crippen LogP contribution in [0.1, 0.15) is 41.0 Å². The smallest absolute Gasteiger partial charge is 0.309 e. The van der Waals surface area contributed by atoms with Crippen molar-refractivity contribution in [2.45, 2.75) is 41.0 Å². The Balaban J connectivity index is 1.93. The van der Waals surface area contributed by atoms with Crippen molar-refractivity contribution in [1.29, 1.82) is 0 Å². The Morgan fingerprint density at radius 2 is 1.56 bits per heavy atom. The van der Waals surface area contributed by atoms with Crippen LogP contribution >= 0.6 is 0 Å². The van der Waals surface area contributed by atoms with Crippen molar-refractivity contribution in [3.63, 3.8) is 0 Å². The maximum absolute atomic E-state index is 12.5. The molecular weight excluding hydrogens is 336 g/mol. The lowest BCUT2D eigenvalue weighted by Crippen LogP contribution is -2.32. The molecule has 146 valence electrons. The first-order chi connectivity index (χ1) is 12.8. The van der Waals surface area contributed by atoms with E-state index in [4.69, 9.17) is 9.47 Å². The van der Waals surface area contributed by atoms with Crippen molar-refractivity contribution in [2.75, 3.05) is 13.2 Å². The molecule has 1 unspecified atom stereocenters. The molecule has 0 N–H and O–H groups in total. The topological polar surface area (TPSA) is 35.5 Å². The number of para-hydroxylation sites is 1. The van der Waals surface area contributed by atoms with Gasteiger partial charge in [-0.15, -0.1) is 0 Å². The number of ether oxygens (including phenoxy) is 2. The third-order valence-corrected chi connectivity index (χ3v) is 4.59. The van der Waals surface area contributed by atoms with Gasteiger partial charge in [0.05, 0.1) is 5.92 Å². The average molecular weight is 369 g/mol. The van der Waals surface area contributed by atoms with Gasteiger partial charge >= 0.3 is 5.97 Å². The number of hydrogen-bond acceptors (Lipinski definition) is 3. The molecule has 27 heavy (non-hydrogen) atoms. The van der Waals surface area contributed by atoms with Gasteiger partial charge in [0.1, 0.15) is 19.0 Å². The van der Waals surface area contributed by atoms with Crippen LogP contribution in [0.5, 0.6) is 5.75 Å². The van der Waals surface area contributed by atoms with E-state index in [0.29, 0.717) is 12.5 Å². The lowest BCUT2D eigenvalue weighted by Gasteiger charge is -2.30. The standard InChI is InChI=1S/C24H32O3/c1-18(2)17-21(24(3,4)5)23(25)27-16-15-26-22-14-10-9-13-20(22)19-11-7-6-8-12-19/h6-14,18,21H,15-17H2,1-5H3. The van der Waals surface area contributed by atoms with E-state index >= 15 is 0 Å². The van der Waals surface area contributed by atoms with E-state index in [2.05, 4.69) is 46.8 Å². The molecule has 2 aromatic carbocycles. The Morgan fingerprint density at radius 3 is 2.19 bits per heavy atom. The molecule has 0 heterocycles. The van der Waals surface area contributed by atoms with Crippen LogP contribution in [0.3, 0.4) is 0 Å². The number of benzene rings is 2. The highest BCUT2D eigenvalue weighted by molar-refractivity contribution is 5.73. The lowest BCUT2D eigenvalue weighted by molar-refractivity contribution is -0.154. The van der Waals surface area contributed by atoms with Gasteiger partial charge < -0.3 is 9.47 Å². The van der Waals surface area contributed by atoms with E-state index in [0.717, 1.165) is 23.3 Å². The predicted molar refractivity (Wildman–Crippen MR) is 111 cm³/mol. The number of rotatable bonds is 8. The first-order valence-corrected chi connectivity index (χ1v) is 9.73. The molecular formula is C24H32O3. The summed E-state index contributed by atoms with van der Waals surface area (Å²) >= 11 is 0. The van der Waals surface area contributed by atoms with E-state index in [1.165, 1.54) is 0 Å². The largest absolute Gasteiger partial charge is 0.489 e. The van der Waals surface area contributed by atoms with E-state index in [-0.39, 0.29) is 23.9 Å². The summed E-state index contributed by atoms with van der Waals surface area (Å²) in [5, 5.41) is 0.